The largest absolute Gasteiger partial charge is 0.339 e. The van der Waals surface area contributed by atoms with E-state index in [9.17, 15) is 4.79 Å². The Morgan fingerprint density at radius 3 is 2.37 bits per heavy atom. The molecule has 1 aromatic heterocycles. The highest BCUT2D eigenvalue weighted by molar-refractivity contribution is 5.94. The Morgan fingerprint density at radius 1 is 0.967 bits per heavy atom. The lowest BCUT2D eigenvalue weighted by atomic mass is 10.0. The molecule has 5 rings (SSSR count). The fraction of sp³-hybridized carbons (Fsp3) is 0.391. The number of aromatic nitrogens is 2. The second-order valence-corrected chi connectivity index (χ2v) is 8.07. The van der Waals surface area contributed by atoms with Crippen molar-refractivity contribution in [3.8, 4) is 5.69 Å². The van der Waals surface area contributed by atoms with Gasteiger partial charge in [0.2, 0.25) is 0 Å². The van der Waals surface area contributed by atoms with Gasteiger partial charge in [-0.2, -0.15) is 0 Å². The van der Waals surface area contributed by atoms with Crippen molar-refractivity contribution in [1.29, 1.82) is 0 Å². The number of hydrogen-bond donors (Lipinski definition) is 1. The summed E-state index contributed by atoms with van der Waals surface area (Å²) >= 11 is 0. The van der Waals surface area contributed by atoms with Crippen molar-refractivity contribution in [2.45, 2.75) is 31.7 Å². The van der Waals surface area contributed by atoms with Gasteiger partial charge in [-0.05, 0) is 74.5 Å². The van der Waals surface area contributed by atoms with Gasteiger partial charge in [0.25, 0.3) is 5.91 Å². The molecule has 2 aromatic carbocycles. The number of para-hydroxylation sites is 2. The molecule has 0 radical (unpaired) electrons. The number of carbonyl (C=O) groups is 1. The van der Waals surface area contributed by atoms with Crippen LogP contribution in [0.3, 0.4) is 0 Å². The summed E-state index contributed by atoms with van der Waals surface area (Å²) < 4.78 is 2.06. The van der Waals surface area contributed by atoms with E-state index in [2.05, 4.69) is 20.9 Å². The van der Waals surface area contributed by atoms with Crippen LogP contribution in [0.2, 0.25) is 0 Å². The van der Waals surface area contributed by atoms with Crippen molar-refractivity contribution in [1.82, 2.24) is 19.8 Å². The Hall–Kier alpha value is -2.08. The highest BCUT2D eigenvalue weighted by atomic mass is 35.5. The zero-order chi connectivity index (χ0) is 18.9. The number of hydrogen-bond acceptors (Lipinski definition) is 3. The number of imidazole rings is 1. The first-order chi connectivity index (χ1) is 13.8. The third kappa shape index (κ3) is 4.80. The van der Waals surface area contributed by atoms with E-state index in [-0.39, 0.29) is 30.7 Å². The van der Waals surface area contributed by atoms with E-state index in [1.807, 2.05) is 53.7 Å². The summed E-state index contributed by atoms with van der Waals surface area (Å²) in [7, 11) is 0. The number of nitrogens with one attached hydrogen (secondary N) is 1. The number of carbonyl (C=O) groups excluding carboxylic acids is 1. The number of likely N-dealkylation sites (tertiary alicyclic amines) is 1. The monoisotopic (exact) mass is 446 g/mol. The molecule has 2 aliphatic rings. The SMILES string of the molecule is Cl.Cl.O=C(c1ccc(-n2cnc3ccccc32)cc1)N1CCC(NCC2CC2)CC1. The van der Waals surface area contributed by atoms with Gasteiger partial charge < -0.3 is 10.2 Å². The lowest BCUT2D eigenvalue weighted by Gasteiger charge is -2.32. The summed E-state index contributed by atoms with van der Waals surface area (Å²) in [4.78, 5) is 19.3. The van der Waals surface area contributed by atoms with Crippen molar-refractivity contribution in [3.05, 3.63) is 60.4 Å². The summed E-state index contributed by atoms with van der Waals surface area (Å²) in [5.41, 5.74) is 3.83. The number of piperidine rings is 1. The van der Waals surface area contributed by atoms with Gasteiger partial charge >= 0.3 is 0 Å². The van der Waals surface area contributed by atoms with E-state index in [1.54, 1.807) is 0 Å². The van der Waals surface area contributed by atoms with Crippen molar-refractivity contribution >= 4 is 41.8 Å². The molecule has 3 aromatic rings. The predicted molar refractivity (Wildman–Crippen MR) is 125 cm³/mol. The quantitative estimate of drug-likeness (QED) is 0.628. The Labute approximate surface area is 189 Å². The zero-order valence-corrected chi connectivity index (χ0v) is 18.5. The average Bonchev–Trinajstić information content (AvgIpc) is 3.49. The molecule has 7 heteroatoms. The molecule has 2 heterocycles. The maximum atomic E-state index is 12.9. The molecule has 0 spiro atoms. The first-order valence-electron chi connectivity index (χ1n) is 10.3. The van der Waals surface area contributed by atoms with Gasteiger partial charge in [-0.25, -0.2) is 4.98 Å². The van der Waals surface area contributed by atoms with Crippen LogP contribution in [0.15, 0.2) is 54.9 Å². The Kier molecular flexibility index (Phi) is 7.40. The van der Waals surface area contributed by atoms with Crippen molar-refractivity contribution < 1.29 is 4.79 Å². The molecule has 0 unspecified atom stereocenters. The maximum Gasteiger partial charge on any atom is 0.253 e. The van der Waals surface area contributed by atoms with Crippen LogP contribution in [0, 0.1) is 5.92 Å². The lowest BCUT2D eigenvalue weighted by Crippen LogP contribution is -2.45. The fourth-order valence-electron chi connectivity index (χ4n) is 4.05. The minimum Gasteiger partial charge on any atom is -0.339 e. The van der Waals surface area contributed by atoms with E-state index >= 15 is 0 Å². The molecule has 160 valence electrons. The van der Waals surface area contributed by atoms with Crippen molar-refractivity contribution in [2.75, 3.05) is 19.6 Å². The van der Waals surface area contributed by atoms with Gasteiger partial charge in [-0.3, -0.25) is 9.36 Å². The number of nitrogens with zero attached hydrogens (tertiary/aromatic N) is 3. The van der Waals surface area contributed by atoms with E-state index in [0.29, 0.717) is 6.04 Å². The molecule has 1 N–H and O–H groups in total. The highest BCUT2D eigenvalue weighted by Crippen LogP contribution is 2.28. The van der Waals surface area contributed by atoms with Gasteiger partial charge in [0, 0.05) is 30.4 Å². The maximum absolute atomic E-state index is 12.9. The van der Waals surface area contributed by atoms with Crippen LogP contribution < -0.4 is 5.32 Å². The zero-order valence-electron chi connectivity index (χ0n) is 16.9. The van der Waals surface area contributed by atoms with Gasteiger partial charge in [-0.1, -0.05) is 12.1 Å². The van der Waals surface area contributed by atoms with Crippen molar-refractivity contribution in [3.63, 3.8) is 0 Å². The average molecular weight is 447 g/mol. The smallest absolute Gasteiger partial charge is 0.253 e. The second-order valence-electron chi connectivity index (χ2n) is 8.07. The van der Waals surface area contributed by atoms with Gasteiger partial charge in [0.1, 0.15) is 6.33 Å². The summed E-state index contributed by atoms with van der Waals surface area (Å²) in [6.45, 7) is 2.84. The fourth-order valence-corrected chi connectivity index (χ4v) is 4.05. The number of halogens is 2. The normalized spacial score (nSPS) is 16.7. The standard InChI is InChI=1S/C23H26N4O.2ClH/c28-23(26-13-11-19(12-14-26)24-15-17-5-6-17)18-7-9-20(10-8-18)27-16-25-21-3-1-2-4-22(21)27;;/h1-4,7-10,16-17,19,24H,5-6,11-15H2;2*1H. The van der Waals surface area contributed by atoms with Crippen LogP contribution in [0.1, 0.15) is 36.0 Å². The van der Waals surface area contributed by atoms with Crippen LogP contribution >= 0.6 is 24.8 Å². The van der Waals surface area contributed by atoms with E-state index in [4.69, 9.17) is 0 Å². The molecule has 0 bridgehead atoms. The lowest BCUT2D eigenvalue weighted by molar-refractivity contribution is 0.0705. The summed E-state index contributed by atoms with van der Waals surface area (Å²) in [6.07, 6.45) is 6.71. The molecule has 1 aliphatic heterocycles. The first kappa shape index (κ1) is 22.6. The molecule has 1 saturated carbocycles. The van der Waals surface area contributed by atoms with Crippen LogP contribution in [0.5, 0.6) is 0 Å². The van der Waals surface area contributed by atoms with Crippen LogP contribution in [-0.2, 0) is 0 Å². The van der Waals surface area contributed by atoms with E-state index < -0.39 is 0 Å². The van der Waals surface area contributed by atoms with Gasteiger partial charge in [-0.15, -0.1) is 24.8 Å². The van der Waals surface area contributed by atoms with Gasteiger partial charge in [0.05, 0.1) is 11.0 Å². The molecule has 1 aliphatic carbocycles. The molecule has 5 nitrogen and oxygen atoms in total. The number of benzene rings is 2. The number of rotatable bonds is 5. The molecule has 2 fully saturated rings. The van der Waals surface area contributed by atoms with Crippen LogP contribution in [0.25, 0.3) is 16.7 Å². The summed E-state index contributed by atoms with van der Waals surface area (Å²) in [5, 5.41) is 3.67. The second kappa shape index (κ2) is 9.82. The third-order valence-corrected chi connectivity index (χ3v) is 6.02. The van der Waals surface area contributed by atoms with E-state index in [1.165, 1.54) is 12.8 Å². The topological polar surface area (TPSA) is 50.2 Å². The predicted octanol–water partition coefficient (Wildman–Crippen LogP) is 4.47. The minimum atomic E-state index is 0. The summed E-state index contributed by atoms with van der Waals surface area (Å²) in [6, 6.07) is 16.5. The summed E-state index contributed by atoms with van der Waals surface area (Å²) in [5.74, 6) is 1.05. The molecule has 0 atom stereocenters. The molecule has 30 heavy (non-hydrogen) atoms. The third-order valence-electron chi connectivity index (χ3n) is 6.02. The van der Waals surface area contributed by atoms with Crippen LogP contribution in [0.4, 0.5) is 0 Å². The Morgan fingerprint density at radius 2 is 1.67 bits per heavy atom. The molecular formula is C23H28Cl2N4O. The first-order valence-corrected chi connectivity index (χ1v) is 10.3. The van der Waals surface area contributed by atoms with Crippen LogP contribution in [-0.4, -0.2) is 46.0 Å². The Balaban J connectivity index is 0.00000128. The number of fused-ring (bicyclic) bond motifs is 1. The minimum absolute atomic E-state index is 0. The molecule has 1 amide bonds. The molecular weight excluding hydrogens is 419 g/mol. The molecule has 1 saturated heterocycles. The van der Waals surface area contributed by atoms with Gasteiger partial charge in [0.15, 0.2) is 0 Å². The highest BCUT2D eigenvalue weighted by Gasteiger charge is 2.26. The van der Waals surface area contributed by atoms with E-state index in [0.717, 1.165) is 60.7 Å². The van der Waals surface area contributed by atoms with Crippen molar-refractivity contribution in [2.24, 2.45) is 5.92 Å². The number of amides is 1. The Bertz CT molecular complexity index is 976.